The van der Waals surface area contributed by atoms with Gasteiger partial charge < -0.3 is 20.1 Å². The van der Waals surface area contributed by atoms with Crippen LogP contribution in [0, 0.1) is 0 Å². The van der Waals surface area contributed by atoms with E-state index in [-0.39, 0.29) is 0 Å². The van der Waals surface area contributed by atoms with Crippen LogP contribution in [0.5, 0.6) is 11.5 Å². The van der Waals surface area contributed by atoms with E-state index >= 15 is 0 Å². The lowest BCUT2D eigenvalue weighted by Gasteiger charge is -2.13. The molecular formula is C15H26N2O2. The Balaban J connectivity index is 2.40. The topological polar surface area (TPSA) is 42.5 Å². The number of likely N-dealkylation sites (N-methyl/N-ethyl adjacent to an activating group) is 1. The highest BCUT2D eigenvalue weighted by molar-refractivity contribution is 5.38. The number of nitrogens with one attached hydrogen (secondary N) is 2. The normalized spacial score (nSPS) is 12.2. The number of methoxy groups -OCH3 is 2. The van der Waals surface area contributed by atoms with Crippen molar-refractivity contribution in [1.82, 2.24) is 10.6 Å². The summed E-state index contributed by atoms with van der Waals surface area (Å²) in [4.78, 5) is 0. The lowest BCUT2D eigenvalue weighted by atomic mass is 10.1. The molecule has 1 rings (SSSR count). The molecule has 0 amide bonds. The smallest absolute Gasteiger partial charge is 0.122 e. The Morgan fingerprint density at radius 3 is 2.26 bits per heavy atom. The van der Waals surface area contributed by atoms with E-state index in [0.29, 0.717) is 6.04 Å². The van der Waals surface area contributed by atoms with Gasteiger partial charge in [-0.2, -0.15) is 0 Å². The fraction of sp³-hybridized carbons (Fsp3) is 0.600. The van der Waals surface area contributed by atoms with Crippen molar-refractivity contribution in [2.24, 2.45) is 0 Å². The first-order chi connectivity index (χ1) is 9.19. The van der Waals surface area contributed by atoms with E-state index in [2.05, 4.69) is 29.7 Å². The summed E-state index contributed by atoms with van der Waals surface area (Å²) in [6.45, 7) is 4.19. The van der Waals surface area contributed by atoms with Crippen LogP contribution >= 0.6 is 0 Å². The lowest BCUT2D eigenvalue weighted by Crippen LogP contribution is -2.35. The number of hydrogen-bond donors (Lipinski definition) is 2. The van der Waals surface area contributed by atoms with E-state index in [9.17, 15) is 0 Å². The maximum absolute atomic E-state index is 5.27. The molecule has 0 heterocycles. The Morgan fingerprint density at radius 1 is 1.11 bits per heavy atom. The standard InChI is InChI=1S/C15H26N2O2/c1-12(11-16-2)17-7-5-6-13-8-14(18-3)10-15(9-13)19-4/h8-10,12,16-17H,5-7,11H2,1-4H3. The third-order valence-corrected chi connectivity index (χ3v) is 3.06. The minimum absolute atomic E-state index is 0.504. The highest BCUT2D eigenvalue weighted by atomic mass is 16.5. The monoisotopic (exact) mass is 266 g/mol. The van der Waals surface area contributed by atoms with Crippen LogP contribution < -0.4 is 20.1 Å². The molecule has 1 atom stereocenters. The Kier molecular flexibility index (Phi) is 7.30. The molecule has 0 saturated carbocycles. The first-order valence-corrected chi connectivity index (χ1v) is 6.79. The Morgan fingerprint density at radius 2 is 1.74 bits per heavy atom. The van der Waals surface area contributed by atoms with Crippen LogP contribution in [-0.4, -0.2) is 40.4 Å². The highest BCUT2D eigenvalue weighted by Gasteiger charge is 2.03. The molecule has 1 aromatic carbocycles. The van der Waals surface area contributed by atoms with Crippen molar-refractivity contribution < 1.29 is 9.47 Å². The van der Waals surface area contributed by atoms with Crippen LogP contribution in [0.15, 0.2) is 18.2 Å². The van der Waals surface area contributed by atoms with Crippen molar-refractivity contribution in [1.29, 1.82) is 0 Å². The van der Waals surface area contributed by atoms with Crippen LogP contribution in [0.25, 0.3) is 0 Å². The minimum Gasteiger partial charge on any atom is -0.497 e. The van der Waals surface area contributed by atoms with Crippen LogP contribution in [-0.2, 0) is 6.42 Å². The summed E-state index contributed by atoms with van der Waals surface area (Å²) in [5, 5.41) is 6.65. The van der Waals surface area contributed by atoms with E-state index in [4.69, 9.17) is 9.47 Å². The maximum atomic E-state index is 5.27. The summed E-state index contributed by atoms with van der Waals surface area (Å²) in [5.41, 5.74) is 1.25. The van der Waals surface area contributed by atoms with Crippen LogP contribution in [0.4, 0.5) is 0 Å². The summed E-state index contributed by atoms with van der Waals surface area (Å²) in [5.74, 6) is 1.71. The summed E-state index contributed by atoms with van der Waals surface area (Å²) in [6, 6.07) is 6.54. The van der Waals surface area contributed by atoms with Gasteiger partial charge in [0.1, 0.15) is 11.5 Å². The molecule has 0 aromatic heterocycles. The zero-order valence-corrected chi connectivity index (χ0v) is 12.5. The second-order valence-corrected chi connectivity index (χ2v) is 4.74. The Hall–Kier alpha value is -1.26. The average molecular weight is 266 g/mol. The predicted molar refractivity (Wildman–Crippen MR) is 79.3 cm³/mol. The molecule has 1 unspecified atom stereocenters. The van der Waals surface area contributed by atoms with Gasteiger partial charge in [-0.15, -0.1) is 0 Å². The van der Waals surface area contributed by atoms with Gasteiger partial charge in [0.15, 0.2) is 0 Å². The molecule has 4 heteroatoms. The van der Waals surface area contributed by atoms with Gasteiger partial charge in [-0.3, -0.25) is 0 Å². The summed E-state index contributed by atoms with van der Waals surface area (Å²) in [7, 11) is 5.33. The van der Waals surface area contributed by atoms with Crippen molar-refractivity contribution in [3.63, 3.8) is 0 Å². The third-order valence-electron chi connectivity index (χ3n) is 3.06. The molecule has 19 heavy (non-hydrogen) atoms. The number of ether oxygens (including phenoxy) is 2. The van der Waals surface area contributed by atoms with Crippen molar-refractivity contribution in [3.8, 4) is 11.5 Å². The highest BCUT2D eigenvalue weighted by Crippen LogP contribution is 2.23. The van der Waals surface area contributed by atoms with Gasteiger partial charge in [-0.05, 0) is 51.1 Å². The first kappa shape index (κ1) is 15.8. The van der Waals surface area contributed by atoms with Gasteiger partial charge in [0.05, 0.1) is 14.2 Å². The molecule has 0 aliphatic heterocycles. The molecule has 4 nitrogen and oxygen atoms in total. The van der Waals surface area contributed by atoms with Gasteiger partial charge in [0.25, 0.3) is 0 Å². The van der Waals surface area contributed by atoms with Crippen LogP contribution in [0.1, 0.15) is 18.9 Å². The molecule has 0 aliphatic carbocycles. The van der Waals surface area contributed by atoms with Gasteiger partial charge >= 0.3 is 0 Å². The van der Waals surface area contributed by atoms with Gasteiger partial charge in [-0.25, -0.2) is 0 Å². The predicted octanol–water partition coefficient (Wildman–Crippen LogP) is 1.83. The number of hydrogen-bond acceptors (Lipinski definition) is 4. The summed E-state index contributed by atoms with van der Waals surface area (Å²) in [6.07, 6.45) is 2.12. The quantitative estimate of drug-likeness (QED) is 0.669. The number of benzene rings is 1. The maximum Gasteiger partial charge on any atom is 0.122 e. The van der Waals surface area contributed by atoms with E-state index in [1.54, 1.807) is 14.2 Å². The fourth-order valence-electron chi connectivity index (χ4n) is 2.03. The number of rotatable bonds is 9. The van der Waals surface area contributed by atoms with Gasteiger partial charge in [-0.1, -0.05) is 0 Å². The molecule has 0 bridgehead atoms. The van der Waals surface area contributed by atoms with Crippen molar-refractivity contribution in [2.75, 3.05) is 34.4 Å². The first-order valence-electron chi connectivity index (χ1n) is 6.79. The molecule has 0 spiro atoms. The Labute approximate surface area is 116 Å². The van der Waals surface area contributed by atoms with Crippen molar-refractivity contribution in [3.05, 3.63) is 23.8 Å². The van der Waals surface area contributed by atoms with Crippen molar-refractivity contribution >= 4 is 0 Å². The molecule has 0 radical (unpaired) electrons. The minimum atomic E-state index is 0.504. The molecule has 0 fully saturated rings. The number of aryl methyl sites for hydroxylation is 1. The summed E-state index contributed by atoms with van der Waals surface area (Å²) < 4.78 is 10.5. The zero-order valence-electron chi connectivity index (χ0n) is 12.5. The van der Waals surface area contributed by atoms with E-state index in [1.807, 2.05) is 13.1 Å². The van der Waals surface area contributed by atoms with Crippen LogP contribution in [0.2, 0.25) is 0 Å². The zero-order chi connectivity index (χ0) is 14.1. The van der Waals surface area contributed by atoms with Gasteiger partial charge in [0.2, 0.25) is 0 Å². The molecule has 0 saturated heterocycles. The third kappa shape index (κ3) is 5.94. The average Bonchev–Trinajstić information content (AvgIpc) is 2.43. The molecule has 1 aromatic rings. The SMILES string of the molecule is CNCC(C)NCCCc1cc(OC)cc(OC)c1. The lowest BCUT2D eigenvalue weighted by molar-refractivity contribution is 0.393. The van der Waals surface area contributed by atoms with E-state index in [0.717, 1.165) is 37.4 Å². The fourth-order valence-corrected chi connectivity index (χ4v) is 2.03. The summed E-state index contributed by atoms with van der Waals surface area (Å²) >= 11 is 0. The van der Waals surface area contributed by atoms with Crippen molar-refractivity contribution in [2.45, 2.75) is 25.8 Å². The second-order valence-electron chi connectivity index (χ2n) is 4.74. The molecule has 108 valence electrons. The molecule has 0 aliphatic rings. The van der Waals surface area contributed by atoms with Gasteiger partial charge in [0, 0.05) is 18.7 Å². The molecule has 2 N–H and O–H groups in total. The molecular weight excluding hydrogens is 240 g/mol. The van der Waals surface area contributed by atoms with E-state index < -0.39 is 0 Å². The van der Waals surface area contributed by atoms with E-state index in [1.165, 1.54) is 5.56 Å². The largest absolute Gasteiger partial charge is 0.497 e. The Bertz CT molecular complexity index is 347. The second kappa shape index (κ2) is 8.77. The van der Waals surface area contributed by atoms with Crippen LogP contribution in [0.3, 0.4) is 0 Å².